The fourth-order valence-electron chi connectivity index (χ4n) is 1.81. The molecule has 19 heavy (non-hydrogen) atoms. The number of benzene rings is 2. The van der Waals surface area contributed by atoms with Crippen molar-refractivity contribution in [2.75, 3.05) is 0 Å². The summed E-state index contributed by atoms with van der Waals surface area (Å²) in [6.45, 7) is 1.90. The van der Waals surface area contributed by atoms with Crippen molar-refractivity contribution < 1.29 is 9.18 Å². The summed E-state index contributed by atoms with van der Waals surface area (Å²) in [5.41, 5.74) is 1.84. The molecule has 0 atom stereocenters. The van der Waals surface area contributed by atoms with E-state index < -0.39 is 5.82 Å². The molecule has 2 aromatic rings. The summed E-state index contributed by atoms with van der Waals surface area (Å²) in [6, 6.07) is 9.66. The third kappa shape index (κ3) is 3.23. The van der Waals surface area contributed by atoms with E-state index in [0.29, 0.717) is 16.1 Å². The number of hydrogen-bond acceptors (Lipinski definition) is 1. The fraction of sp³-hybridized carbons (Fsp3) is 0.133. The summed E-state index contributed by atoms with van der Waals surface area (Å²) in [4.78, 5) is 12.2. The lowest BCUT2D eigenvalue weighted by Gasteiger charge is -2.07. The van der Waals surface area contributed by atoms with Gasteiger partial charge in [-0.15, -0.1) is 0 Å². The standard InChI is InChI=1S/C15H11BrClFO/c1-9-3-2-4-12(15(9)16)14(19)8-10-7-11(17)5-6-13(10)18/h2-7H,8H2,1H3. The Balaban J connectivity index is 2.31. The molecule has 0 heterocycles. The molecule has 0 saturated heterocycles. The van der Waals surface area contributed by atoms with E-state index in [9.17, 15) is 9.18 Å². The molecule has 0 aliphatic rings. The highest BCUT2D eigenvalue weighted by molar-refractivity contribution is 9.10. The molecule has 0 saturated carbocycles. The Hall–Kier alpha value is -1.19. The number of halogens is 3. The van der Waals surface area contributed by atoms with E-state index in [0.717, 1.165) is 10.0 Å². The largest absolute Gasteiger partial charge is 0.294 e. The zero-order chi connectivity index (χ0) is 14.0. The number of ketones is 1. The number of carbonyl (C=O) groups is 1. The Morgan fingerprint density at radius 1 is 1.32 bits per heavy atom. The smallest absolute Gasteiger partial charge is 0.168 e. The van der Waals surface area contributed by atoms with Crippen LogP contribution in [-0.4, -0.2) is 5.78 Å². The number of Topliss-reactive ketones (excluding diaryl/α,β-unsaturated/α-hetero) is 1. The van der Waals surface area contributed by atoms with Crippen molar-refractivity contribution in [3.63, 3.8) is 0 Å². The van der Waals surface area contributed by atoms with Crippen LogP contribution in [0.15, 0.2) is 40.9 Å². The van der Waals surface area contributed by atoms with Gasteiger partial charge in [-0.25, -0.2) is 4.39 Å². The van der Waals surface area contributed by atoms with Gasteiger partial charge in [0.2, 0.25) is 0 Å². The second-order valence-electron chi connectivity index (χ2n) is 4.27. The summed E-state index contributed by atoms with van der Waals surface area (Å²) >= 11 is 9.20. The zero-order valence-corrected chi connectivity index (χ0v) is 12.6. The van der Waals surface area contributed by atoms with Gasteiger partial charge >= 0.3 is 0 Å². The average molecular weight is 342 g/mol. The highest BCUT2D eigenvalue weighted by atomic mass is 79.9. The molecule has 0 radical (unpaired) electrons. The average Bonchev–Trinajstić information content (AvgIpc) is 2.37. The van der Waals surface area contributed by atoms with E-state index in [1.54, 1.807) is 6.07 Å². The molecular formula is C15H11BrClFO. The van der Waals surface area contributed by atoms with Crippen LogP contribution in [0, 0.1) is 12.7 Å². The second-order valence-corrected chi connectivity index (χ2v) is 5.50. The van der Waals surface area contributed by atoms with Gasteiger partial charge in [0.1, 0.15) is 5.82 Å². The normalized spacial score (nSPS) is 10.5. The Bertz CT molecular complexity index is 640. The van der Waals surface area contributed by atoms with Crippen LogP contribution in [0.3, 0.4) is 0 Å². The molecule has 0 aliphatic carbocycles. The first-order valence-corrected chi connectivity index (χ1v) is 6.88. The maximum absolute atomic E-state index is 13.6. The third-order valence-corrected chi connectivity index (χ3v) is 4.14. The molecule has 0 aliphatic heterocycles. The summed E-state index contributed by atoms with van der Waals surface area (Å²) in [7, 11) is 0. The SMILES string of the molecule is Cc1cccc(C(=O)Cc2cc(Cl)ccc2F)c1Br. The molecule has 98 valence electrons. The molecule has 0 amide bonds. The van der Waals surface area contributed by atoms with Crippen LogP contribution in [0.2, 0.25) is 5.02 Å². The van der Waals surface area contributed by atoms with Gasteiger partial charge in [-0.3, -0.25) is 4.79 Å². The lowest BCUT2D eigenvalue weighted by Crippen LogP contribution is -2.06. The molecule has 1 nitrogen and oxygen atoms in total. The Morgan fingerprint density at radius 2 is 2.05 bits per heavy atom. The maximum Gasteiger partial charge on any atom is 0.168 e. The molecule has 2 rings (SSSR count). The van der Waals surface area contributed by atoms with Gasteiger partial charge in [0, 0.05) is 21.5 Å². The lowest BCUT2D eigenvalue weighted by molar-refractivity contribution is 0.0991. The molecule has 0 unspecified atom stereocenters. The molecule has 0 aromatic heterocycles. The number of rotatable bonds is 3. The Kier molecular flexibility index (Phi) is 4.38. The monoisotopic (exact) mass is 340 g/mol. The van der Waals surface area contributed by atoms with E-state index in [1.165, 1.54) is 18.2 Å². The summed E-state index contributed by atoms with van der Waals surface area (Å²) in [6.07, 6.45) is -0.00551. The zero-order valence-electron chi connectivity index (χ0n) is 10.2. The fourth-order valence-corrected chi connectivity index (χ4v) is 2.49. The second kappa shape index (κ2) is 5.85. The molecule has 0 N–H and O–H groups in total. The molecule has 4 heteroatoms. The quantitative estimate of drug-likeness (QED) is 0.720. The summed E-state index contributed by atoms with van der Waals surface area (Å²) in [5, 5.41) is 0.424. The summed E-state index contributed by atoms with van der Waals surface area (Å²) < 4.78 is 14.4. The summed E-state index contributed by atoms with van der Waals surface area (Å²) in [5.74, 6) is -0.557. The van der Waals surface area contributed by atoms with Crippen LogP contribution in [0.5, 0.6) is 0 Å². The van der Waals surface area contributed by atoms with Crippen LogP contribution in [0.1, 0.15) is 21.5 Å². The molecule has 0 fully saturated rings. The lowest BCUT2D eigenvalue weighted by atomic mass is 10.0. The van der Waals surface area contributed by atoms with Crippen molar-refractivity contribution in [3.8, 4) is 0 Å². The molecular weight excluding hydrogens is 331 g/mol. The molecule has 2 aromatic carbocycles. The molecule has 0 spiro atoms. The van der Waals surface area contributed by atoms with E-state index >= 15 is 0 Å². The highest BCUT2D eigenvalue weighted by Gasteiger charge is 2.14. The maximum atomic E-state index is 13.6. The Labute approximate surface area is 124 Å². The van der Waals surface area contributed by atoms with Crippen molar-refractivity contribution in [2.45, 2.75) is 13.3 Å². The van der Waals surface area contributed by atoms with Crippen LogP contribution in [0.4, 0.5) is 4.39 Å². The number of hydrogen-bond donors (Lipinski definition) is 0. The minimum Gasteiger partial charge on any atom is -0.294 e. The van der Waals surface area contributed by atoms with E-state index in [1.807, 2.05) is 19.1 Å². The van der Waals surface area contributed by atoms with Gasteiger partial charge in [-0.2, -0.15) is 0 Å². The van der Waals surface area contributed by atoms with Gasteiger partial charge in [0.25, 0.3) is 0 Å². The van der Waals surface area contributed by atoms with E-state index in [4.69, 9.17) is 11.6 Å². The van der Waals surface area contributed by atoms with Gasteiger partial charge < -0.3 is 0 Å². The van der Waals surface area contributed by atoms with Gasteiger partial charge in [0.15, 0.2) is 5.78 Å². The van der Waals surface area contributed by atoms with Crippen LogP contribution in [0.25, 0.3) is 0 Å². The van der Waals surface area contributed by atoms with Crippen molar-refractivity contribution in [3.05, 3.63) is 68.4 Å². The van der Waals surface area contributed by atoms with Crippen molar-refractivity contribution >= 4 is 33.3 Å². The van der Waals surface area contributed by atoms with E-state index in [2.05, 4.69) is 15.9 Å². The Morgan fingerprint density at radius 3 is 2.79 bits per heavy atom. The first-order chi connectivity index (χ1) is 8.99. The number of aryl methyl sites for hydroxylation is 1. The van der Waals surface area contributed by atoms with E-state index in [-0.39, 0.29) is 12.2 Å². The third-order valence-electron chi connectivity index (χ3n) is 2.85. The first-order valence-electron chi connectivity index (χ1n) is 5.71. The number of carbonyl (C=O) groups excluding carboxylic acids is 1. The van der Waals surface area contributed by atoms with Crippen molar-refractivity contribution in [1.82, 2.24) is 0 Å². The van der Waals surface area contributed by atoms with Crippen LogP contribution < -0.4 is 0 Å². The predicted octanol–water partition coefficient (Wildman–Crippen LogP) is 4.98. The topological polar surface area (TPSA) is 17.1 Å². The minimum absolute atomic E-state index is 0.00551. The van der Waals surface area contributed by atoms with Crippen LogP contribution >= 0.6 is 27.5 Å². The van der Waals surface area contributed by atoms with Crippen molar-refractivity contribution in [2.24, 2.45) is 0 Å². The molecule has 0 bridgehead atoms. The predicted molar refractivity (Wildman–Crippen MR) is 78.3 cm³/mol. The van der Waals surface area contributed by atoms with Gasteiger partial charge in [0.05, 0.1) is 0 Å². The first kappa shape index (κ1) is 14.2. The van der Waals surface area contributed by atoms with Crippen LogP contribution in [-0.2, 0) is 6.42 Å². The van der Waals surface area contributed by atoms with Gasteiger partial charge in [-0.05, 0) is 52.2 Å². The minimum atomic E-state index is -0.415. The van der Waals surface area contributed by atoms with Crippen molar-refractivity contribution in [1.29, 1.82) is 0 Å². The van der Waals surface area contributed by atoms with Gasteiger partial charge in [-0.1, -0.05) is 29.8 Å². The highest BCUT2D eigenvalue weighted by Crippen LogP contribution is 2.23.